The van der Waals surface area contributed by atoms with E-state index < -0.39 is 0 Å². The van der Waals surface area contributed by atoms with Gasteiger partial charge in [-0.05, 0) is 48.4 Å². The molecule has 0 bridgehead atoms. The van der Waals surface area contributed by atoms with Crippen LogP contribution in [0.25, 0.3) is 10.9 Å². The number of benzene rings is 2. The summed E-state index contributed by atoms with van der Waals surface area (Å²) in [6.45, 7) is 2.87. The first kappa shape index (κ1) is 21.7. The average molecular weight is 450 g/mol. The van der Waals surface area contributed by atoms with Crippen molar-refractivity contribution in [3.05, 3.63) is 88.8 Å². The molecule has 0 aliphatic carbocycles. The Balaban J connectivity index is 1.69. The number of hydrogen-bond acceptors (Lipinski definition) is 4. The highest BCUT2D eigenvalue weighted by Crippen LogP contribution is 2.35. The molecule has 7 heteroatoms. The number of amides is 1. The molecule has 4 rings (SSSR count). The van der Waals surface area contributed by atoms with Crippen molar-refractivity contribution in [1.29, 1.82) is 0 Å². The van der Waals surface area contributed by atoms with Crippen LogP contribution in [0.1, 0.15) is 34.3 Å². The Morgan fingerprint density at radius 2 is 2.00 bits per heavy atom. The summed E-state index contributed by atoms with van der Waals surface area (Å²) in [6.07, 6.45) is 3.46. The normalized spacial score (nSPS) is 11.8. The van der Waals surface area contributed by atoms with Crippen LogP contribution < -0.4 is 14.8 Å². The number of pyridine rings is 1. The average Bonchev–Trinajstić information content (AvgIpc) is 3.24. The van der Waals surface area contributed by atoms with E-state index in [1.165, 1.54) is 6.20 Å². The summed E-state index contributed by atoms with van der Waals surface area (Å²) in [5, 5.41) is 4.49. The molecular weight excluding hydrogens is 426 g/mol. The van der Waals surface area contributed by atoms with Gasteiger partial charge < -0.3 is 19.8 Å². The van der Waals surface area contributed by atoms with Gasteiger partial charge in [-0.3, -0.25) is 4.79 Å². The number of aromatic nitrogens is 2. The van der Waals surface area contributed by atoms with Gasteiger partial charge in [0.25, 0.3) is 5.91 Å². The Morgan fingerprint density at radius 3 is 2.75 bits per heavy atom. The lowest BCUT2D eigenvalue weighted by atomic mass is 9.90. The topological polar surface area (TPSA) is 76.2 Å². The molecular formula is C25H24ClN3O3. The molecule has 0 radical (unpaired) electrons. The van der Waals surface area contributed by atoms with Crippen LogP contribution in [0, 0.1) is 0 Å². The maximum atomic E-state index is 12.7. The Bertz CT molecular complexity index is 1220. The first-order chi connectivity index (χ1) is 15.6. The molecule has 6 nitrogen and oxygen atoms in total. The van der Waals surface area contributed by atoms with Crippen molar-refractivity contribution in [2.24, 2.45) is 0 Å². The van der Waals surface area contributed by atoms with Gasteiger partial charge >= 0.3 is 0 Å². The number of methoxy groups -OCH3 is 1. The minimum atomic E-state index is -0.211. The molecule has 1 atom stereocenters. The molecule has 2 heterocycles. The summed E-state index contributed by atoms with van der Waals surface area (Å²) < 4.78 is 11.2. The zero-order valence-electron chi connectivity index (χ0n) is 17.9. The molecule has 0 aliphatic heterocycles. The Morgan fingerprint density at radius 1 is 1.16 bits per heavy atom. The third-order valence-corrected chi connectivity index (χ3v) is 5.57. The predicted octanol–water partition coefficient (Wildman–Crippen LogP) is 5.19. The van der Waals surface area contributed by atoms with Crippen LogP contribution in [-0.4, -0.2) is 36.1 Å². The Hall–Kier alpha value is -3.51. The number of para-hydroxylation sites is 1. The number of carbonyl (C=O) groups is 1. The number of fused-ring (bicyclic) bond motifs is 1. The van der Waals surface area contributed by atoms with Crippen molar-refractivity contribution in [2.45, 2.75) is 12.8 Å². The minimum absolute atomic E-state index is 0.111. The summed E-state index contributed by atoms with van der Waals surface area (Å²) in [6, 6.07) is 17.3. The molecule has 4 aromatic rings. The second-order valence-electron chi connectivity index (χ2n) is 7.27. The lowest BCUT2D eigenvalue weighted by molar-refractivity contribution is 0.0952. The van der Waals surface area contributed by atoms with Gasteiger partial charge in [0.05, 0.1) is 19.3 Å². The smallest absolute Gasteiger partial charge is 0.252 e. The molecule has 0 saturated heterocycles. The van der Waals surface area contributed by atoms with E-state index in [-0.39, 0.29) is 11.8 Å². The monoisotopic (exact) mass is 449 g/mol. The fourth-order valence-corrected chi connectivity index (χ4v) is 3.88. The second kappa shape index (κ2) is 9.75. The maximum absolute atomic E-state index is 12.7. The highest BCUT2D eigenvalue weighted by atomic mass is 35.5. The SMILES string of the molecule is CCOc1ccc(C(CNC(=O)c2ccc(Cl)nc2)c2c[nH]c3ccccc23)cc1OC. The minimum Gasteiger partial charge on any atom is -0.493 e. The van der Waals surface area contributed by atoms with Crippen molar-refractivity contribution < 1.29 is 14.3 Å². The van der Waals surface area contributed by atoms with Crippen LogP contribution in [0.4, 0.5) is 0 Å². The number of nitrogens with one attached hydrogen (secondary N) is 2. The third-order valence-electron chi connectivity index (χ3n) is 5.34. The zero-order chi connectivity index (χ0) is 22.5. The highest BCUT2D eigenvalue weighted by Gasteiger charge is 2.21. The molecule has 1 unspecified atom stereocenters. The summed E-state index contributed by atoms with van der Waals surface area (Å²) in [5.41, 5.74) is 3.58. The van der Waals surface area contributed by atoms with Gasteiger partial charge in [0.15, 0.2) is 11.5 Å². The molecule has 0 spiro atoms. The first-order valence-electron chi connectivity index (χ1n) is 10.4. The number of ether oxygens (including phenoxy) is 2. The van der Waals surface area contributed by atoms with Gasteiger partial charge in [-0.1, -0.05) is 35.9 Å². The maximum Gasteiger partial charge on any atom is 0.252 e. The molecule has 1 amide bonds. The van der Waals surface area contributed by atoms with Crippen LogP contribution in [0.15, 0.2) is 67.0 Å². The van der Waals surface area contributed by atoms with Crippen molar-refractivity contribution in [1.82, 2.24) is 15.3 Å². The number of aromatic amines is 1. The van der Waals surface area contributed by atoms with Gasteiger partial charge in [-0.15, -0.1) is 0 Å². The van der Waals surface area contributed by atoms with Crippen LogP contribution in [0.3, 0.4) is 0 Å². The van der Waals surface area contributed by atoms with Gasteiger partial charge in [0, 0.05) is 35.8 Å². The number of H-pyrrole nitrogens is 1. The van der Waals surface area contributed by atoms with Crippen molar-refractivity contribution in [2.75, 3.05) is 20.3 Å². The summed E-state index contributed by atoms with van der Waals surface area (Å²) in [7, 11) is 1.62. The van der Waals surface area contributed by atoms with Gasteiger partial charge in [-0.2, -0.15) is 0 Å². The highest BCUT2D eigenvalue weighted by molar-refractivity contribution is 6.29. The number of rotatable bonds is 8. The summed E-state index contributed by atoms with van der Waals surface area (Å²) >= 11 is 5.84. The fraction of sp³-hybridized carbons (Fsp3) is 0.200. The Kier molecular flexibility index (Phi) is 6.61. The molecule has 0 fully saturated rings. The van der Waals surface area contributed by atoms with E-state index in [9.17, 15) is 4.79 Å². The first-order valence-corrected chi connectivity index (χ1v) is 10.7. The van der Waals surface area contributed by atoms with Gasteiger partial charge in [0.1, 0.15) is 5.15 Å². The van der Waals surface area contributed by atoms with E-state index in [2.05, 4.69) is 21.4 Å². The molecule has 2 N–H and O–H groups in total. The van der Waals surface area contributed by atoms with Crippen LogP contribution in [-0.2, 0) is 0 Å². The standard InChI is InChI=1S/C25H24ClN3O3/c1-3-32-22-10-8-16(12-23(22)31-2)19(20-15-27-21-7-5-4-6-18(20)21)14-29-25(30)17-9-11-24(26)28-13-17/h4-13,15,19,27H,3,14H2,1-2H3,(H,29,30). The van der Waals surface area contributed by atoms with E-state index in [0.29, 0.717) is 35.4 Å². The van der Waals surface area contributed by atoms with Crippen LogP contribution >= 0.6 is 11.6 Å². The van der Waals surface area contributed by atoms with E-state index >= 15 is 0 Å². The Labute approximate surface area is 191 Å². The predicted molar refractivity (Wildman–Crippen MR) is 126 cm³/mol. The number of nitrogens with zero attached hydrogens (tertiary/aromatic N) is 1. The number of carbonyl (C=O) groups excluding carboxylic acids is 1. The van der Waals surface area contributed by atoms with Gasteiger partial charge in [-0.25, -0.2) is 4.98 Å². The fourth-order valence-electron chi connectivity index (χ4n) is 3.77. The summed E-state index contributed by atoms with van der Waals surface area (Å²) in [4.78, 5) is 20.1. The largest absolute Gasteiger partial charge is 0.493 e. The molecule has 0 aliphatic rings. The van der Waals surface area contributed by atoms with Gasteiger partial charge in [0.2, 0.25) is 0 Å². The van der Waals surface area contributed by atoms with E-state index in [4.69, 9.17) is 21.1 Å². The molecule has 0 saturated carbocycles. The van der Waals surface area contributed by atoms with E-state index in [1.807, 2.05) is 49.5 Å². The van der Waals surface area contributed by atoms with E-state index in [0.717, 1.165) is 22.0 Å². The van der Waals surface area contributed by atoms with Crippen molar-refractivity contribution >= 4 is 28.4 Å². The lowest BCUT2D eigenvalue weighted by Gasteiger charge is -2.20. The quantitative estimate of drug-likeness (QED) is 0.363. The third kappa shape index (κ3) is 4.55. The number of hydrogen-bond donors (Lipinski definition) is 2. The zero-order valence-corrected chi connectivity index (χ0v) is 18.6. The molecule has 164 valence electrons. The van der Waals surface area contributed by atoms with E-state index in [1.54, 1.807) is 19.2 Å². The molecule has 32 heavy (non-hydrogen) atoms. The summed E-state index contributed by atoms with van der Waals surface area (Å²) in [5.74, 6) is 1.02. The van der Waals surface area contributed by atoms with Crippen LogP contribution in [0.5, 0.6) is 11.5 Å². The van der Waals surface area contributed by atoms with Crippen LogP contribution in [0.2, 0.25) is 5.15 Å². The molecule has 2 aromatic carbocycles. The molecule has 2 aromatic heterocycles. The lowest BCUT2D eigenvalue weighted by Crippen LogP contribution is -2.29. The van der Waals surface area contributed by atoms with Crippen molar-refractivity contribution in [3.63, 3.8) is 0 Å². The second-order valence-corrected chi connectivity index (χ2v) is 7.65. The number of halogens is 1. The van der Waals surface area contributed by atoms with Crippen molar-refractivity contribution in [3.8, 4) is 11.5 Å².